The molecule has 0 saturated carbocycles. The number of rotatable bonds is 7. The van der Waals surface area contributed by atoms with Crippen molar-refractivity contribution >= 4 is 46.6 Å². The van der Waals surface area contributed by atoms with Gasteiger partial charge in [-0.05, 0) is 61.4 Å². The average Bonchev–Trinajstić information content (AvgIpc) is 2.76. The maximum atomic E-state index is 12.4. The molecule has 3 aromatic rings. The highest BCUT2D eigenvalue weighted by atomic mass is 35.5. The van der Waals surface area contributed by atoms with E-state index in [2.05, 4.69) is 10.6 Å². The Bertz CT molecular complexity index is 1100. The molecule has 0 radical (unpaired) electrons. The van der Waals surface area contributed by atoms with Gasteiger partial charge in [-0.15, -0.1) is 11.8 Å². The molecule has 2 amide bonds. The fourth-order valence-electron chi connectivity index (χ4n) is 2.93. The highest BCUT2D eigenvalue weighted by molar-refractivity contribution is 8.00. The molecule has 0 saturated heterocycles. The lowest BCUT2D eigenvalue weighted by molar-refractivity contribution is -0.113. The molecule has 0 fully saturated rings. The Morgan fingerprint density at radius 1 is 0.968 bits per heavy atom. The number of thioether (sulfide) groups is 1. The van der Waals surface area contributed by atoms with Crippen LogP contribution >= 0.6 is 23.4 Å². The largest absolute Gasteiger partial charge is 0.495 e. The minimum atomic E-state index is -0.151. The second-order valence-corrected chi connectivity index (χ2v) is 8.39. The number of hydrogen-bond acceptors (Lipinski definition) is 4. The number of halogens is 1. The van der Waals surface area contributed by atoms with E-state index in [1.165, 1.54) is 18.9 Å². The predicted molar refractivity (Wildman–Crippen MR) is 128 cm³/mol. The summed E-state index contributed by atoms with van der Waals surface area (Å²) >= 11 is 7.51. The Balaban J connectivity index is 1.56. The standard InChI is InChI=1S/C24H23ClN2O3S/c1-15-6-4-5-7-19(15)24(29)26-17-8-10-18(11-9-17)31-14-23(28)27-21-12-16(2)20(25)13-22(21)30-3/h4-13H,14H2,1-3H3,(H,26,29)(H,27,28). The molecule has 0 aliphatic carbocycles. The lowest BCUT2D eigenvalue weighted by Gasteiger charge is -2.12. The zero-order valence-corrected chi connectivity index (χ0v) is 19.1. The predicted octanol–water partition coefficient (Wildman–Crippen LogP) is 5.95. The summed E-state index contributed by atoms with van der Waals surface area (Å²) < 4.78 is 5.29. The normalized spacial score (nSPS) is 10.5. The summed E-state index contributed by atoms with van der Waals surface area (Å²) in [5.41, 5.74) is 3.71. The molecule has 0 atom stereocenters. The van der Waals surface area contributed by atoms with Crippen molar-refractivity contribution in [3.8, 4) is 5.75 Å². The zero-order chi connectivity index (χ0) is 22.4. The van der Waals surface area contributed by atoms with Gasteiger partial charge in [-0.2, -0.15) is 0 Å². The molecule has 3 aromatic carbocycles. The van der Waals surface area contributed by atoms with Crippen LogP contribution in [0.1, 0.15) is 21.5 Å². The van der Waals surface area contributed by atoms with Crippen LogP contribution in [-0.4, -0.2) is 24.7 Å². The van der Waals surface area contributed by atoms with Gasteiger partial charge in [0.2, 0.25) is 5.91 Å². The molecule has 0 spiro atoms. The Labute approximate surface area is 191 Å². The number of ether oxygens (including phenoxy) is 1. The summed E-state index contributed by atoms with van der Waals surface area (Å²) in [6.07, 6.45) is 0. The van der Waals surface area contributed by atoms with Gasteiger partial charge < -0.3 is 15.4 Å². The van der Waals surface area contributed by atoms with E-state index in [1.807, 2.05) is 56.3 Å². The number of benzene rings is 3. The van der Waals surface area contributed by atoms with Crippen molar-refractivity contribution in [2.45, 2.75) is 18.7 Å². The first-order valence-electron chi connectivity index (χ1n) is 9.61. The molecule has 3 rings (SSSR count). The smallest absolute Gasteiger partial charge is 0.255 e. The molecule has 0 unspecified atom stereocenters. The lowest BCUT2D eigenvalue weighted by atomic mass is 10.1. The molecule has 5 nitrogen and oxygen atoms in total. The number of hydrogen-bond donors (Lipinski definition) is 2. The minimum absolute atomic E-state index is 0.148. The molecule has 0 heterocycles. The second-order valence-electron chi connectivity index (χ2n) is 6.93. The first kappa shape index (κ1) is 22.7. The molecular formula is C24H23ClN2O3S. The van der Waals surface area contributed by atoms with Gasteiger partial charge in [0.05, 0.1) is 18.6 Å². The number of aryl methyl sites for hydroxylation is 2. The van der Waals surface area contributed by atoms with E-state index in [4.69, 9.17) is 16.3 Å². The summed E-state index contributed by atoms with van der Waals surface area (Å²) in [6.45, 7) is 3.77. The zero-order valence-electron chi connectivity index (χ0n) is 17.5. The van der Waals surface area contributed by atoms with Gasteiger partial charge in [0.25, 0.3) is 5.91 Å². The van der Waals surface area contributed by atoms with Crippen LogP contribution in [-0.2, 0) is 4.79 Å². The maximum Gasteiger partial charge on any atom is 0.255 e. The lowest BCUT2D eigenvalue weighted by Crippen LogP contribution is -2.15. The Hall–Kier alpha value is -2.96. The molecular weight excluding hydrogens is 432 g/mol. The molecule has 7 heteroatoms. The van der Waals surface area contributed by atoms with Gasteiger partial charge in [0, 0.05) is 27.2 Å². The van der Waals surface area contributed by atoms with Crippen molar-refractivity contribution in [3.63, 3.8) is 0 Å². The van der Waals surface area contributed by atoms with Gasteiger partial charge in [-0.25, -0.2) is 0 Å². The third-order valence-corrected chi connectivity index (χ3v) is 6.05. The van der Waals surface area contributed by atoms with Crippen LogP contribution in [0.15, 0.2) is 65.6 Å². The van der Waals surface area contributed by atoms with Gasteiger partial charge >= 0.3 is 0 Å². The van der Waals surface area contributed by atoms with Gasteiger partial charge in [0.1, 0.15) is 5.75 Å². The highest BCUT2D eigenvalue weighted by Crippen LogP contribution is 2.31. The third-order valence-electron chi connectivity index (χ3n) is 4.63. The molecule has 0 aromatic heterocycles. The van der Waals surface area contributed by atoms with Crippen molar-refractivity contribution in [1.82, 2.24) is 0 Å². The van der Waals surface area contributed by atoms with Crippen molar-refractivity contribution < 1.29 is 14.3 Å². The van der Waals surface area contributed by atoms with E-state index >= 15 is 0 Å². The van der Waals surface area contributed by atoms with E-state index < -0.39 is 0 Å². The Kier molecular flexibility index (Phi) is 7.60. The summed E-state index contributed by atoms with van der Waals surface area (Å²) in [6, 6.07) is 18.3. The minimum Gasteiger partial charge on any atom is -0.495 e. The van der Waals surface area contributed by atoms with E-state index in [0.717, 1.165) is 16.0 Å². The summed E-state index contributed by atoms with van der Waals surface area (Å²) in [4.78, 5) is 25.7. The molecule has 2 N–H and O–H groups in total. The first-order valence-corrected chi connectivity index (χ1v) is 11.0. The molecule has 0 aliphatic heterocycles. The summed E-state index contributed by atoms with van der Waals surface area (Å²) in [5.74, 6) is 0.453. The average molecular weight is 455 g/mol. The van der Waals surface area contributed by atoms with E-state index in [-0.39, 0.29) is 17.6 Å². The van der Waals surface area contributed by atoms with Crippen molar-refractivity contribution in [3.05, 3.63) is 82.4 Å². The van der Waals surface area contributed by atoms with Gasteiger partial charge in [0.15, 0.2) is 0 Å². The van der Waals surface area contributed by atoms with Crippen molar-refractivity contribution in [2.24, 2.45) is 0 Å². The number of anilines is 2. The van der Waals surface area contributed by atoms with Gasteiger partial charge in [-0.1, -0.05) is 29.8 Å². The molecule has 160 valence electrons. The molecule has 0 aliphatic rings. The number of nitrogens with one attached hydrogen (secondary N) is 2. The number of carbonyl (C=O) groups is 2. The fraction of sp³-hybridized carbons (Fsp3) is 0.167. The Morgan fingerprint density at radius 2 is 1.68 bits per heavy atom. The Morgan fingerprint density at radius 3 is 2.35 bits per heavy atom. The SMILES string of the molecule is COc1cc(Cl)c(C)cc1NC(=O)CSc1ccc(NC(=O)c2ccccc2C)cc1. The number of methoxy groups -OCH3 is 1. The first-order chi connectivity index (χ1) is 14.9. The molecule has 31 heavy (non-hydrogen) atoms. The van der Waals surface area contributed by atoms with E-state index in [9.17, 15) is 9.59 Å². The van der Waals surface area contributed by atoms with Crippen LogP contribution in [0.25, 0.3) is 0 Å². The van der Waals surface area contributed by atoms with Crippen LogP contribution < -0.4 is 15.4 Å². The highest BCUT2D eigenvalue weighted by Gasteiger charge is 2.12. The topological polar surface area (TPSA) is 67.4 Å². The van der Waals surface area contributed by atoms with Crippen LogP contribution in [0.2, 0.25) is 5.02 Å². The van der Waals surface area contributed by atoms with Crippen LogP contribution in [0.3, 0.4) is 0 Å². The van der Waals surface area contributed by atoms with Crippen molar-refractivity contribution in [1.29, 1.82) is 0 Å². The van der Waals surface area contributed by atoms with Gasteiger partial charge in [-0.3, -0.25) is 9.59 Å². The second kappa shape index (κ2) is 10.4. The van der Waals surface area contributed by atoms with Crippen LogP contribution in [0.5, 0.6) is 5.75 Å². The summed E-state index contributed by atoms with van der Waals surface area (Å²) in [7, 11) is 1.53. The van der Waals surface area contributed by atoms with E-state index in [0.29, 0.717) is 27.7 Å². The van der Waals surface area contributed by atoms with Crippen LogP contribution in [0, 0.1) is 13.8 Å². The monoisotopic (exact) mass is 454 g/mol. The van der Waals surface area contributed by atoms with Crippen molar-refractivity contribution in [2.75, 3.05) is 23.5 Å². The van der Waals surface area contributed by atoms with Crippen LogP contribution in [0.4, 0.5) is 11.4 Å². The maximum absolute atomic E-state index is 12.4. The molecule has 0 bridgehead atoms. The summed E-state index contributed by atoms with van der Waals surface area (Å²) in [5, 5.41) is 6.34. The fourth-order valence-corrected chi connectivity index (χ4v) is 3.78. The number of carbonyl (C=O) groups excluding carboxylic acids is 2. The quantitative estimate of drug-likeness (QED) is 0.433. The number of amides is 2. The third kappa shape index (κ3) is 6.03. The van der Waals surface area contributed by atoms with E-state index in [1.54, 1.807) is 18.2 Å².